The highest BCUT2D eigenvalue weighted by Crippen LogP contribution is 2.28. The lowest BCUT2D eigenvalue weighted by atomic mass is 9.86. The average Bonchev–Trinajstić information content (AvgIpc) is 2.05. The molecular weight excluding hydrogens is 205 g/mol. The van der Waals surface area contributed by atoms with E-state index in [2.05, 4.69) is 4.74 Å². The molecule has 0 radical (unpaired) electrons. The predicted octanol–water partition coefficient (Wildman–Crippen LogP) is 3.72. The van der Waals surface area contributed by atoms with Crippen molar-refractivity contribution in [1.29, 1.82) is 0 Å². The Morgan fingerprint density at radius 2 is 1.80 bits per heavy atom. The van der Waals surface area contributed by atoms with Gasteiger partial charge in [-0.3, -0.25) is 0 Å². The fourth-order valence-electron chi connectivity index (χ4n) is 1.26. The molecular formula is C11H13F3O. The molecule has 0 fully saturated rings. The SMILES string of the molecule is CC(C)(C)c1cc(OC(F)F)ccc1F. The summed E-state index contributed by atoms with van der Waals surface area (Å²) in [4.78, 5) is 0. The van der Waals surface area contributed by atoms with Gasteiger partial charge in [-0.2, -0.15) is 8.78 Å². The maximum Gasteiger partial charge on any atom is 0.387 e. The summed E-state index contributed by atoms with van der Waals surface area (Å²) in [5.41, 5.74) is -0.0772. The van der Waals surface area contributed by atoms with Crippen LogP contribution in [-0.4, -0.2) is 6.61 Å². The fraction of sp³-hybridized carbons (Fsp3) is 0.455. The summed E-state index contributed by atoms with van der Waals surface area (Å²) in [5.74, 6) is -0.430. The van der Waals surface area contributed by atoms with Gasteiger partial charge in [0.2, 0.25) is 0 Å². The zero-order valence-electron chi connectivity index (χ0n) is 8.85. The first-order chi connectivity index (χ1) is 6.80. The van der Waals surface area contributed by atoms with E-state index in [0.717, 1.165) is 6.07 Å². The quantitative estimate of drug-likeness (QED) is 0.735. The van der Waals surface area contributed by atoms with Crippen molar-refractivity contribution in [1.82, 2.24) is 0 Å². The molecule has 0 amide bonds. The van der Waals surface area contributed by atoms with E-state index in [1.165, 1.54) is 12.1 Å². The van der Waals surface area contributed by atoms with Gasteiger partial charge in [0.05, 0.1) is 0 Å². The van der Waals surface area contributed by atoms with Crippen LogP contribution < -0.4 is 4.74 Å². The molecule has 0 aliphatic heterocycles. The summed E-state index contributed by atoms with van der Waals surface area (Å²) in [6.07, 6.45) is 0. The number of ether oxygens (including phenoxy) is 1. The molecule has 0 aliphatic carbocycles. The van der Waals surface area contributed by atoms with Crippen LogP contribution in [0, 0.1) is 5.82 Å². The number of halogens is 3. The van der Waals surface area contributed by atoms with Gasteiger partial charge in [0.1, 0.15) is 11.6 Å². The Morgan fingerprint density at radius 1 is 1.20 bits per heavy atom. The van der Waals surface area contributed by atoms with Crippen LogP contribution in [0.4, 0.5) is 13.2 Å². The van der Waals surface area contributed by atoms with Crippen LogP contribution in [0.5, 0.6) is 5.75 Å². The first kappa shape index (κ1) is 11.9. The van der Waals surface area contributed by atoms with Crippen molar-refractivity contribution in [3.63, 3.8) is 0 Å². The third kappa shape index (κ3) is 3.15. The van der Waals surface area contributed by atoms with Gasteiger partial charge >= 0.3 is 6.61 Å². The maximum atomic E-state index is 13.4. The zero-order chi connectivity index (χ0) is 11.6. The van der Waals surface area contributed by atoms with Gasteiger partial charge in [0, 0.05) is 0 Å². The molecule has 0 aromatic heterocycles. The molecule has 0 unspecified atom stereocenters. The van der Waals surface area contributed by atoms with Gasteiger partial charge in [-0.15, -0.1) is 0 Å². The third-order valence-corrected chi connectivity index (χ3v) is 1.97. The summed E-state index contributed by atoms with van der Waals surface area (Å²) < 4.78 is 41.4. The summed E-state index contributed by atoms with van der Waals surface area (Å²) in [6.45, 7) is 2.52. The summed E-state index contributed by atoms with van der Waals surface area (Å²) >= 11 is 0. The van der Waals surface area contributed by atoms with Crippen LogP contribution in [0.25, 0.3) is 0 Å². The number of hydrogen-bond donors (Lipinski definition) is 0. The number of hydrogen-bond acceptors (Lipinski definition) is 1. The van der Waals surface area contributed by atoms with Gasteiger partial charge in [0.15, 0.2) is 0 Å². The molecule has 0 saturated heterocycles. The molecule has 0 aliphatic rings. The van der Waals surface area contributed by atoms with Crippen LogP contribution >= 0.6 is 0 Å². The van der Waals surface area contributed by atoms with Gasteiger partial charge in [-0.1, -0.05) is 20.8 Å². The second kappa shape index (κ2) is 4.13. The smallest absolute Gasteiger partial charge is 0.387 e. The average molecular weight is 218 g/mol. The Hall–Kier alpha value is -1.19. The summed E-state index contributed by atoms with van der Waals surface area (Å²) in [6, 6.07) is 3.64. The van der Waals surface area contributed by atoms with Crippen molar-refractivity contribution in [3.05, 3.63) is 29.6 Å². The Morgan fingerprint density at radius 3 is 2.27 bits per heavy atom. The Balaban J connectivity index is 3.06. The molecule has 0 N–H and O–H groups in total. The van der Waals surface area contributed by atoms with Gasteiger partial charge in [0.25, 0.3) is 0 Å². The minimum Gasteiger partial charge on any atom is -0.435 e. The van der Waals surface area contributed by atoms with Gasteiger partial charge in [-0.05, 0) is 29.2 Å². The van der Waals surface area contributed by atoms with E-state index < -0.39 is 17.8 Å². The van der Waals surface area contributed by atoms with Crippen LogP contribution in [-0.2, 0) is 5.41 Å². The minimum absolute atomic E-state index is 0.0173. The first-order valence-electron chi connectivity index (χ1n) is 4.55. The standard InChI is InChI=1S/C11H13F3O/c1-11(2,3)8-6-7(15-10(13)14)4-5-9(8)12/h4-6,10H,1-3H3. The van der Waals surface area contributed by atoms with E-state index >= 15 is 0 Å². The van der Waals surface area contributed by atoms with Crippen molar-refractivity contribution < 1.29 is 17.9 Å². The predicted molar refractivity (Wildman–Crippen MR) is 51.7 cm³/mol. The van der Waals surface area contributed by atoms with Crippen molar-refractivity contribution in [2.45, 2.75) is 32.8 Å². The molecule has 0 spiro atoms. The van der Waals surface area contributed by atoms with E-state index in [-0.39, 0.29) is 5.75 Å². The molecule has 1 nitrogen and oxygen atoms in total. The lowest BCUT2D eigenvalue weighted by Crippen LogP contribution is -2.14. The zero-order valence-corrected chi connectivity index (χ0v) is 8.85. The van der Waals surface area contributed by atoms with Crippen LogP contribution in [0.1, 0.15) is 26.3 Å². The molecule has 0 heterocycles. The number of benzene rings is 1. The first-order valence-corrected chi connectivity index (χ1v) is 4.55. The number of rotatable bonds is 2. The Bertz CT molecular complexity index is 342. The van der Waals surface area contributed by atoms with E-state index in [1.807, 2.05) is 0 Å². The van der Waals surface area contributed by atoms with Crippen LogP contribution in [0.3, 0.4) is 0 Å². The highest BCUT2D eigenvalue weighted by molar-refractivity contribution is 5.33. The molecule has 1 aromatic rings. The van der Waals surface area contributed by atoms with Crippen molar-refractivity contribution in [2.75, 3.05) is 0 Å². The summed E-state index contributed by atoms with van der Waals surface area (Å²) in [7, 11) is 0. The largest absolute Gasteiger partial charge is 0.435 e. The number of alkyl halides is 2. The molecule has 0 bridgehead atoms. The normalized spacial score (nSPS) is 11.9. The lowest BCUT2D eigenvalue weighted by molar-refractivity contribution is -0.0499. The topological polar surface area (TPSA) is 9.23 Å². The monoisotopic (exact) mass is 218 g/mol. The summed E-state index contributed by atoms with van der Waals surface area (Å²) in [5, 5.41) is 0. The lowest BCUT2D eigenvalue weighted by Gasteiger charge is -2.20. The van der Waals surface area contributed by atoms with Crippen molar-refractivity contribution >= 4 is 0 Å². The second-order valence-corrected chi connectivity index (χ2v) is 4.27. The second-order valence-electron chi connectivity index (χ2n) is 4.27. The Labute approximate surface area is 86.9 Å². The molecule has 15 heavy (non-hydrogen) atoms. The maximum absolute atomic E-state index is 13.4. The van der Waals surface area contributed by atoms with Crippen molar-refractivity contribution in [2.24, 2.45) is 0 Å². The van der Waals surface area contributed by atoms with E-state index in [4.69, 9.17) is 0 Å². The van der Waals surface area contributed by atoms with E-state index in [1.54, 1.807) is 20.8 Å². The van der Waals surface area contributed by atoms with Gasteiger partial charge in [-0.25, -0.2) is 4.39 Å². The van der Waals surface area contributed by atoms with Gasteiger partial charge < -0.3 is 4.74 Å². The molecule has 1 rings (SSSR count). The highest BCUT2D eigenvalue weighted by atomic mass is 19.3. The fourth-order valence-corrected chi connectivity index (χ4v) is 1.26. The minimum atomic E-state index is -2.89. The molecule has 84 valence electrons. The molecule has 1 aromatic carbocycles. The molecule has 0 saturated carbocycles. The van der Waals surface area contributed by atoms with Crippen LogP contribution in [0.2, 0.25) is 0 Å². The molecule has 4 heteroatoms. The third-order valence-electron chi connectivity index (χ3n) is 1.97. The van der Waals surface area contributed by atoms with E-state index in [9.17, 15) is 13.2 Å². The van der Waals surface area contributed by atoms with E-state index in [0.29, 0.717) is 5.56 Å². The molecule has 0 atom stereocenters. The Kier molecular flexibility index (Phi) is 3.27. The van der Waals surface area contributed by atoms with Crippen LogP contribution in [0.15, 0.2) is 18.2 Å². The van der Waals surface area contributed by atoms with Crippen molar-refractivity contribution in [3.8, 4) is 5.75 Å². The highest BCUT2D eigenvalue weighted by Gasteiger charge is 2.19.